The standard InChI is InChI=1S/C20H26N2O5/c1-4-5-10-22-18(24)15-7-6-14(11-16(15)19(22)25)20(26)27-12-17(23)21-9-8-13(2)3/h6-7,11,13H,4-5,8-10,12H2,1-3H3,(H,21,23). The van der Waals surface area contributed by atoms with Gasteiger partial charge in [0.25, 0.3) is 17.7 Å². The van der Waals surface area contributed by atoms with Crippen LogP contribution in [0.3, 0.4) is 0 Å². The molecule has 3 amide bonds. The van der Waals surface area contributed by atoms with Crippen LogP contribution in [-0.4, -0.2) is 48.3 Å². The van der Waals surface area contributed by atoms with Crippen molar-refractivity contribution >= 4 is 23.7 Å². The molecule has 0 atom stereocenters. The summed E-state index contributed by atoms with van der Waals surface area (Å²) >= 11 is 0. The number of fused-ring (bicyclic) bond motifs is 1. The number of esters is 1. The van der Waals surface area contributed by atoms with Gasteiger partial charge in [0.05, 0.1) is 16.7 Å². The number of carbonyl (C=O) groups is 4. The topological polar surface area (TPSA) is 92.8 Å². The van der Waals surface area contributed by atoms with Crippen molar-refractivity contribution in [3.8, 4) is 0 Å². The van der Waals surface area contributed by atoms with Crippen LogP contribution in [0, 0.1) is 5.92 Å². The van der Waals surface area contributed by atoms with E-state index >= 15 is 0 Å². The zero-order valence-corrected chi connectivity index (χ0v) is 16.0. The lowest BCUT2D eigenvalue weighted by Gasteiger charge is -2.12. The molecule has 0 fully saturated rings. The molecule has 0 aromatic heterocycles. The highest BCUT2D eigenvalue weighted by Gasteiger charge is 2.35. The SMILES string of the molecule is CCCCN1C(=O)c2ccc(C(=O)OCC(=O)NCCC(C)C)cc2C1=O. The number of nitrogens with zero attached hydrogens (tertiary/aromatic N) is 1. The predicted octanol–water partition coefficient (Wildman–Crippen LogP) is 2.40. The Morgan fingerprint density at radius 3 is 2.52 bits per heavy atom. The van der Waals surface area contributed by atoms with E-state index in [1.165, 1.54) is 23.1 Å². The quantitative estimate of drug-likeness (QED) is 0.529. The van der Waals surface area contributed by atoms with Gasteiger partial charge in [-0.1, -0.05) is 27.2 Å². The second-order valence-corrected chi connectivity index (χ2v) is 6.98. The maximum absolute atomic E-state index is 12.4. The fraction of sp³-hybridized carbons (Fsp3) is 0.500. The second kappa shape index (κ2) is 9.30. The summed E-state index contributed by atoms with van der Waals surface area (Å²) in [6.07, 6.45) is 2.44. The zero-order valence-electron chi connectivity index (χ0n) is 16.0. The molecule has 0 aliphatic carbocycles. The van der Waals surface area contributed by atoms with Gasteiger partial charge in [0.15, 0.2) is 6.61 Å². The smallest absolute Gasteiger partial charge is 0.338 e. The molecule has 7 heteroatoms. The molecule has 0 radical (unpaired) electrons. The highest BCUT2D eigenvalue weighted by molar-refractivity contribution is 6.21. The lowest BCUT2D eigenvalue weighted by Crippen LogP contribution is -2.30. The van der Waals surface area contributed by atoms with E-state index in [1.54, 1.807) is 0 Å². The number of benzene rings is 1. The van der Waals surface area contributed by atoms with Crippen LogP contribution < -0.4 is 5.32 Å². The molecule has 7 nitrogen and oxygen atoms in total. The Bertz CT molecular complexity index is 742. The van der Waals surface area contributed by atoms with Crippen LogP contribution in [0.2, 0.25) is 0 Å². The van der Waals surface area contributed by atoms with E-state index in [0.29, 0.717) is 24.6 Å². The van der Waals surface area contributed by atoms with Crippen molar-refractivity contribution in [1.29, 1.82) is 0 Å². The van der Waals surface area contributed by atoms with E-state index in [4.69, 9.17) is 4.74 Å². The maximum atomic E-state index is 12.4. The number of nitrogens with one attached hydrogen (secondary N) is 1. The molecule has 0 saturated heterocycles. The van der Waals surface area contributed by atoms with Crippen molar-refractivity contribution in [3.05, 3.63) is 34.9 Å². The third-order valence-electron chi connectivity index (χ3n) is 4.32. The summed E-state index contributed by atoms with van der Waals surface area (Å²) < 4.78 is 5.00. The third kappa shape index (κ3) is 5.15. The number of carbonyl (C=O) groups excluding carboxylic acids is 4. The molecule has 1 aliphatic rings. The highest BCUT2D eigenvalue weighted by Crippen LogP contribution is 2.24. The van der Waals surface area contributed by atoms with Gasteiger partial charge in [0, 0.05) is 13.1 Å². The number of ether oxygens (including phenoxy) is 1. The average Bonchev–Trinajstić information content (AvgIpc) is 2.87. The van der Waals surface area contributed by atoms with Crippen molar-refractivity contribution in [2.45, 2.75) is 40.0 Å². The minimum absolute atomic E-state index is 0.141. The Morgan fingerprint density at radius 1 is 1.15 bits per heavy atom. The summed E-state index contributed by atoms with van der Waals surface area (Å²) in [5.74, 6) is -1.35. The Morgan fingerprint density at radius 2 is 1.85 bits per heavy atom. The van der Waals surface area contributed by atoms with E-state index in [0.717, 1.165) is 19.3 Å². The minimum atomic E-state index is -0.705. The van der Waals surface area contributed by atoms with Crippen molar-refractivity contribution < 1.29 is 23.9 Å². The zero-order chi connectivity index (χ0) is 20.0. The first-order valence-electron chi connectivity index (χ1n) is 9.29. The molecule has 27 heavy (non-hydrogen) atoms. The molecule has 0 spiro atoms. The van der Waals surface area contributed by atoms with Crippen LogP contribution in [0.25, 0.3) is 0 Å². The van der Waals surface area contributed by atoms with Gasteiger partial charge in [-0.25, -0.2) is 4.79 Å². The van der Waals surface area contributed by atoms with Crippen LogP contribution in [0.15, 0.2) is 18.2 Å². The number of unbranched alkanes of at least 4 members (excludes halogenated alkanes) is 1. The Hall–Kier alpha value is -2.70. The molecule has 1 aromatic rings. The van der Waals surface area contributed by atoms with Crippen LogP contribution >= 0.6 is 0 Å². The van der Waals surface area contributed by atoms with Crippen molar-refractivity contribution in [2.75, 3.05) is 19.7 Å². The Balaban J connectivity index is 1.96. The second-order valence-electron chi connectivity index (χ2n) is 6.98. The van der Waals surface area contributed by atoms with Gasteiger partial charge in [0.1, 0.15) is 0 Å². The van der Waals surface area contributed by atoms with Crippen LogP contribution in [0.5, 0.6) is 0 Å². The highest BCUT2D eigenvalue weighted by atomic mass is 16.5. The first-order valence-corrected chi connectivity index (χ1v) is 9.29. The van der Waals surface area contributed by atoms with Crippen LogP contribution in [0.4, 0.5) is 0 Å². The molecule has 146 valence electrons. The lowest BCUT2D eigenvalue weighted by atomic mass is 10.1. The van der Waals surface area contributed by atoms with E-state index in [-0.39, 0.29) is 29.5 Å². The third-order valence-corrected chi connectivity index (χ3v) is 4.32. The molecule has 1 heterocycles. The Labute approximate surface area is 159 Å². The largest absolute Gasteiger partial charge is 0.452 e. The molecule has 2 rings (SSSR count). The minimum Gasteiger partial charge on any atom is -0.452 e. The van der Waals surface area contributed by atoms with Gasteiger partial charge in [-0.2, -0.15) is 0 Å². The molecular weight excluding hydrogens is 348 g/mol. The van der Waals surface area contributed by atoms with Gasteiger partial charge >= 0.3 is 5.97 Å². The summed E-state index contributed by atoms with van der Waals surface area (Å²) in [4.78, 5) is 49.8. The van der Waals surface area contributed by atoms with Crippen LogP contribution in [0.1, 0.15) is 71.1 Å². The summed E-state index contributed by atoms with van der Waals surface area (Å²) in [6.45, 7) is 6.58. The van der Waals surface area contributed by atoms with E-state index in [9.17, 15) is 19.2 Å². The van der Waals surface area contributed by atoms with Gasteiger partial charge < -0.3 is 10.1 Å². The lowest BCUT2D eigenvalue weighted by molar-refractivity contribution is -0.124. The van der Waals surface area contributed by atoms with Gasteiger partial charge in [-0.3, -0.25) is 19.3 Å². The van der Waals surface area contributed by atoms with Gasteiger partial charge in [-0.05, 0) is 37.0 Å². The Kier molecular flexibility index (Phi) is 7.10. The van der Waals surface area contributed by atoms with E-state index in [2.05, 4.69) is 19.2 Å². The first-order chi connectivity index (χ1) is 12.8. The molecular formula is C20H26N2O5. The number of imide groups is 1. The predicted molar refractivity (Wildman–Crippen MR) is 99.5 cm³/mol. The summed E-state index contributed by atoms with van der Waals surface area (Å²) in [7, 11) is 0. The molecule has 0 saturated carbocycles. The number of hydrogen-bond donors (Lipinski definition) is 1. The fourth-order valence-corrected chi connectivity index (χ4v) is 2.70. The molecule has 0 bridgehead atoms. The summed E-state index contributed by atoms with van der Waals surface area (Å²) in [6, 6.07) is 4.26. The summed E-state index contributed by atoms with van der Waals surface area (Å²) in [5, 5.41) is 2.68. The number of rotatable bonds is 9. The average molecular weight is 374 g/mol. The van der Waals surface area contributed by atoms with Crippen molar-refractivity contribution in [2.24, 2.45) is 5.92 Å². The normalized spacial score (nSPS) is 13.1. The van der Waals surface area contributed by atoms with Gasteiger partial charge in [0.2, 0.25) is 0 Å². The maximum Gasteiger partial charge on any atom is 0.338 e. The van der Waals surface area contributed by atoms with Gasteiger partial charge in [-0.15, -0.1) is 0 Å². The van der Waals surface area contributed by atoms with Crippen LogP contribution in [-0.2, 0) is 9.53 Å². The molecule has 0 unspecified atom stereocenters. The summed E-state index contributed by atoms with van der Waals surface area (Å²) in [5.41, 5.74) is 0.633. The molecule has 1 N–H and O–H groups in total. The van der Waals surface area contributed by atoms with E-state index < -0.39 is 11.9 Å². The molecule has 1 aromatic carbocycles. The fourth-order valence-electron chi connectivity index (χ4n) is 2.70. The van der Waals surface area contributed by atoms with E-state index in [1.807, 2.05) is 6.92 Å². The first kappa shape index (κ1) is 20.6. The van der Waals surface area contributed by atoms with Crippen molar-refractivity contribution in [1.82, 2.24) is 10.2 Å². The van der Waals surface area contributed by atoms with Crippen molar-refractivity contribution in [3.63, 3.8) is 0 Å². The number of hydrogen-bond acceptors (Lipinski definition) is 5. The molecule has 1 aliphatic heterocycles. The monoisotopic (exact) mass is 374 g/mol. The number of amides is 3.